The van der Waals surface area contributed by atoms with Crippen LogP contribution in [-0.2, 0) is 14.3 Å². The molecule has 2 saturated carbocycles. The Bertz CT molecular complexity index is 616. The number of ether oxygens (including phenoxy) is 1. The number of carbonyl (C=O) groups is 2. The van der Waals surface area contributed by atoms with E-state index in [1.54, 1.807) is 0 Å². The van der Waals surface area contributed by atoms with Gasteiger partial charge >= 0.3 is 11.9 Å². The van der Waals surface area contributed by atoms with Gasteiger partial charge in [0, 0.05) is 18.4 Å². The molecular formula is C22H34O4. The molecule has 4 heteroatoms. The van der Waals surface area contributed by atoms with Crippen LogP contribution in [0.4, 0.5) is 0 Å². The summed E-state index contributed by atoms with van der Waals surface area (Å²) in [5.41, 5.74) is 2.26. The van der Waals surface area contributed by atoms with Crippen LogP contribution in [0, 0.1) is 22.7 Å². The molecule has 2 aliphatic carbocycles. The Hall–Kier alpha value is -1.58. The third-order valence-corrected chi connectivity index (χ3v) is 7.02. The molecule has 2 rings (SSSR count). The molecule has 4 atom stereocenters. The van der Waals surface area contributed by atoms with Crippen LogP contribution in [-0.4, -0.2) is 23.1 Å². The minimum atomic E-state index is -0.878. The van der Waals surface area contributed by atoms with Crippen LogP contribution in [0.5, 0.6) is 0 Å². The highest BCUT2D eigenvalue weighted by Gasteiger charge is 2.56. The smallest absolute Gasteiger partial charge is 0.328 e. The molecule has 0 aromatic heterocycles. The van der Waals surface area contributed by atoms with Gasteiger partial charge in [0.25, 0.3) is 0 Å². The molecule has 1 N–H and O–H groups in total. The molecule has 0 bridgehead atoms. The van der Waals surface area contributed by atoms with Crippen molar-refractivity contribution < 1.29 is 19.4 Å². The molecule has 2 fully saturated rings. The molecule has 0 spiro atoms. The first-order valence-corrected chi connectivity index (χ1v) is 9.73. The molecule has 146 valence electrons. The Morgan fingerprint density at radius 1 is 1.27 bits per heavy atom. The lowest BCUT2D eigenvalue weighted by atomic mass is 9.46. The number of allylic oxidation sites excluding steroid dienone is 2. The summed E-state index contributed by atoms with van der Waals surface area (Å²) in [6.07, 6.45) is 6.99. The van der Waals surface area contributed by atoms with E-state index in [0.29, 0.717) is 11.8 Å². The quantitative estimate of drug-likeness (QED) is 0.418. The topological polar surface area (TPSA) is 63.6 Å². The van der Waals surface area contributed by atoms with Gasteiger partial charge in [-0.25, -0.2) is 4.79 Å². The molecule has 0 unspecified atom stereocenters. The SMILES string of the molecule is C=C1CC[C@H]2C(C)(C)[C@H](OC(C)=O)CC[C@]2(C)[C@H]1CC/C(C)=C/C(=O)O. The van der Waals surface area contributed by atoms with E-state index in [1.165, 1.54) is 18.6 Å². The summed E-state index contributed by atoms with van der Waals surface area (Å²) in [6, 6.07) is 0. The number of carbonyl (C=O) groups excluding carboxylic acids is 1. The Morgan fingerprint density at radius 2 is 1.92 bits per heavy atom. The van der Waals surface area contributed by atoms with Crippen LogP contribution in [0.3, 0.4) is 0 Å². The molecule has 4 nitrogen and oxygen atoms in total. The van der Waals surface area contributed by atoms with E-state index < -0.39 is 5.97 Å². The lowest BCUT2D eigenvalue weighted by Gasteiger charge is -2.60. The van der Waals surface area contributed by atoms with E-state index in [1.807, 2.05) is 6.92 Å². The maximum Gasteiger partial charge on any atom is 0.328 e. The number of hydrogen-bond acceptors (Lipinski definition) is 3. The summed E-state index contributed by atoms with van der Waals surface area (Å²) in [5, 5.41) is 8.95. The summed E-state index contributed by atoms with van der Waals surface area (Å²) < 4.78 is 5.67. The van der Waals surface area contributed by atoms with Gasteiger partial charge in [0.1, 0.15) is 6.10 Å². The third-order valence-electron chi connectivity index (χ3n) is 7.02. The third kappa shape index (κ3) is 4.05. The summed E-state index contributed by atoms with van der Waals surface area (Å²) in [7, 11) is 0. The van der Waals surface area contributed by atoms with Crippen molar-refractivity contribution in [2.45, 2.75) is 79.2 Å². The van der Waals surface area contributed by atoms with Crippen molar-refractivity contribution in [2.24, 2.45) is 22.7 Å². The average Bonchev–Trinajstić information content (AvgIpc) is 2.48. The first kappa shape index (κ1) is 20.7. The van der Waals surface area contributed by atoms with E-state index in [9.17, 15) is 9.59 Å². The second-order valence-electron chi connectivity index (χ2n) is 9.13. The van der Waals surface area contributed by atoms with Crippen molar-refractivity contribution in [3.63, 3.8) is 0 Å². The first-order valence-electron chi connectivity index (χ1n) is 9.73. The summed E-state index contributed by atoms with van der Waals surface area (Å²) in [4.78, 5) is 22.4. The summed E-state index contributed by atoms with van der Waals surface area (Å²) in [5.74, 6) is -0.224. The van der Waals surface area contributed by atoms with Gasteiger partial charge in [-0.2, -0.15) is 0 Å². The van der Waals surface area contributed by atoms with Gasteiger partial charge in [0.15, 0.2) is 0 Å². The van der Waals surface area contributed by atoms with Crippen LogP contribution >= 0.6 is 0 Å². The van der Waals surface area contributed by atoms with Gasteiger partial charge in [0.05, 0.1) is 0 Å². The molecule has 0 saturated heterocycles. The molecule has 2 aliphatic rings. The molecule has 0 heterocycles. The number of carboxylic acids is 1. The first-order chi connectivity index (χ1) is 12.0. The molecule has 26 heavy (non-hydrogen) atoms. The minimum Gasteiger partial charge on any atom is -0.478 e. The summed E-state index contributed by atoms with van der Waals surface area (Å²) in [6.45, 7) is 14.6. The standard InChI is InChI=1S/C22H34O4/c1-14(13-20(24)25)7-9-17-15(2)8-10-18-21(4,5)19(26-16(3)23)11-12-22(17,18)6/h13,17-19H,2,7-12H2,1,3-6H3,(H,24,25)/b14-13+/t17-,18-,19+,22+/m0/s1. The van der Waals surface area contributed by atoms with E-state index >= 15 is 0 Å². The highest BCUT2D eigenvalue weighted by molar-refractivity contribution is 5.80. The second-order valence-corrected chi connectivity index (χ2v) is 9.13. The van der Waals surface area contributed by atoms with Gasteiger partial charge in [-0.15, -0.1) is 0 Å². The maximum absolute atomic E-state index is 11.5. The Labute approximate surface area is 157 Å². The molecule has 0 aromatic rings. The van der Waals surface area contributed by atoms with Crippen LogP contribution in [0.15, 0.2) is 23.8 Å². The van der Waals surface area contributed by atoms with Crippen LogP contribution < -0.4 is 0 Å². The predicted octanol–water partition coefficient (Wildman–Crippen LogP) is 5.14. The fraction of sp³-hybridized carbons (Fsp3) is 0.727. The van der Waals surface area contributed by atoms with Crippen LogP contribution in [0.1, 0.15) is 73.1 Å². The van der Waals surface area contributed by atoms with Crippen molar-refractivity contribution in [2.75, 3.05) is 0 Å². The Balaban J connectivity index is 2.23. The lowest BCUT2D eigenvalue weighted by Crippen LogP contribution is -2.55. The van der Waals surface area contributed by atoms with Crippen LogP contribution in [0.25, 0.3) is 0 Å². The van der Waals surface area contributed by atoms with Gasteiger partial charge in [-0.05, 0) is 62.7 Å². The van der Waals surface area contributed by atoms with Crippen molar-refractivity contribution in [3.05, 3.63) is 23.8 Å². The largest absolute Gasteiger partial charge is 0.478 e. The number of esters is 1. The molecule has 0 aliphatic heterocycles. The highest BCUT2D eigenvalue weighted by atomic mass is 16.5. The number of carboxylic acid groups (broad SMARTS) is 1. The zero-order chi connectivity index (χ0) is 19.7. The summed E-state index contributed by atoms with van der Waals surface area (Å²) >= 11 is 0. The monoisotopic (exact) mass is 362 g/mol. The van der Waals surface area contributed by atoms with Crippen molar-refractivity contribution in [1.29, 1.82) is 0 Å². The van der Waals surface area contributed by atoms with Crippen molar-refractivity contribution in [3.8, 4) is 0 Å². The number of hydrogen-bond donors (Lipinski definition) is 1. The molecule has 0 amide bonds. The highest BCUT2D eigenvalue weighted by Crippen LogP contribution is 2.62. The Kier molecular flexibility index (Phi) is 6.04. The number of rotatable bonds is 5. The number of fused-ring (bicyclic) bond motifs is 1. The Morgan fingerprint density at radius 3 is 2.50 bits per heavy atom. The molecule has 0 aromatic carbocycles. The predicted molar refractivity (Wildman–Crippen MR) is 103 cm³/mol. The minimum absolute atomic E-state index is 0.0290. The van der Waals surface area contributed by atoms with E-state index in [2.05, 4.69) is 27.4 Å². The van der Waals surface area contributed by atoms with Crippen molar-refractivity contribution >= 4 is 11.9 Å². The second kappa shape index (κ2) is 7.58. The maximum atomic E-state index is 11.5. The van der Waals surface area contributed by atoms with Crippen molar-refractivity contribution in [1.82, 2.24) is 0 Å². The van der Waals surface area contributed by atoms with Gasteiger partial charge in [-0.1, -0.05) is 38.5 Å². The average molecular weight is 363 g/mol. The fourth-order valence-electron chi connectivity index (χ4n) is 5.75. The van der Waals surface area contributed by atoms with Crippen LogP contribution in [0.2, 0.25) is 0 Å². The zero-order valence-electron chi connectivity index (χ0n) is 16.9. The molecule has 0 radical (unpaired) electrons. The van der Waals surface area contributed by atoms with Gasteiger partial charge in [-0.3, -0.25) is 4.79 Å². The van der Waals surface area contributed by atoms with Gasteiger partial charge in [0.2, 0.25) is 0 Å². The normalized spacial score (nSPS) is 34.1. The zero-order valence-corrected chi connectivity index (χ0v) is 16.9. The van der Waals surface area contributed by atoms with E-state index in [4.69, 9.17) is 9.84 Å². The van der Waals surface area contributed by atoms with Gasteiger partial charge < -0.3 is 9.84 Å². The molecular weight excluding hydrogens is 328 g/mol. The fourth-order valence-corrected chi connectivity index (χ4v) is 5.75. The number of aliphatic carboxylic acids is 1. The van der Waals surface area contributed by atoms with E-state index in [-0.39, 0.29) is 22.9 Å². The van der Waals surface area contributed by atoms with E-state index in [0.717, 1.165) is 44.1 Å². The lowest BCUT2D eigenvalue weighted by molar-refractivity contribution is -0.174.